The molecule has 2 aromatic carbocycles. The quantitative estimate of drug-likeness (QED) is 0.450. The second kappa shape index (κ2) is 6.61. The highest BCUT2D eigenvalue weighted by molar-refractivity contribution is 5.97. The van der Waals surface area contributed by atoms with Crippen LogP contribution in [0.15, 0.2) is 53.5 Å². The van der Waals surface area contributed by atoms with Crippen molar-refractivity contribution >= 4 is 45.1 Å². The molecule has 0 amide bonds. The van der Waals surface area contributed by atoms with E-state index in [2.05, 4.69) is 21.6 Å². The van der Waals surface area contributed by atoms with Crippen molar-refractivity contribution in [2.75, 3.05) is 5.32 Å². The number of para-hydroxylation sites is 2. The summed E-state index contributed by atoms with van der Waals surface area (Å²) in [5.74, 6) is 5.21. The van der Waals surface area contributed by atoms with Crippen LogP contribution in [0.3, 0.4) is 0 Å². The highest BCUT2D eigenvalue weighted by atomic mass is 15.2. The lowest BCUT2D eigenvalue weighted by Crippen LogP contribution is -2.45. The van der Waals surface area contributed by atoms with E-state index in [0.717, 1.165) is 45.3 Å². The van der Waals surface area contributed by atoms with E-state index in [1.165, 1.54) is 37.8 Å². The van der Waals surface area contributed by atoms with Crippen LogP contribution >= 0.6 is 0 Å². The first-order valence-electron chi connectivity index (χ1n) is 11.4. The molecule has 2 heterocycles. The predicted octanol–water partition coefficient (Wildman–Crippen LogP) is 5.78. The summed E-state index contributed by atoms with van der Waals surface area (Å²) in [6.45, 7) is 0. The summed E-state index contributed by atoms with van der Waals surface area (Å²) in [5.41, 5.74) is 3.26. The van der Waals surface area contributed by atoms with Crippen molar-refractivity contribution in [3.05, 3.63) is 48.5 Å². The molecule has 2 N–H and O–H groups in total. The Balaban J connectivity index is 1.32. The van der Waals surface area contributed by atoms with Crippen LogP contribution in [0.1, 0.15) is 32.1 Å². The van der Waals surface area contributed by atoms with E-state index in [1.54, 1.807) is 0 Å². The van der Waals surface area contributed by atoms with E-state index >= 15 is 0 Å². The Bertz CT molecular complexity index is 1310. The Hall–Kier alpha value is -3.28. The number of rotatable bonds is 3. The maximum Gasteiger partial charge on any atom is 0.251 e. The van der Waals surface area contributed by atoms with E-state index in [4.69, 9.17) is 15.0 Å². The fourth-order valence-corrected chi connectivity index (χ4v) is 6.35. The molecule has 8 rings (SSSR count). The van der Waals surface area contributed by atoms with Crippen molar-refractivity contribution in [3.63, 3.8) is 0 Å². The Morgan fingerprint density at radius 1 is 0.774 bits per heavy atom. The summed E-state index contributed by atoms with van der Waals surface area (Å²) in [6.07, 6.45) is 6.68. The Morgan fingerprint density at radius 2 is 1.48 bits per heavy atom. The summed E-state index contributed by atoms with van der Waals surface area (Å²) in [4.78, 5) is 14.8. The average molecular weight is 409 g/mol. The van der Waals surface area contributed by atoms with Crippen LogP contribution in [0.5, 0.6) is 0 Å². The van der Waals surface area contributed by atoms with Gasteiger partial charge in [0.15, 0.2) is 5.82 Å². The minimum Gasteiger partial charge on any atom is -0.322 e. The molecular weight excluding hydrogens is 384 g/mol. The number of anilines is 2. The third kappa shape index (κ3) is 2.85. The number of H-pyrrole nitrogens is 1. The monoisotopic (exact) mass is 408 g/mol. The summed E-state index contributed by atoms with van der Waals surface area (Å²) in [5, 5.41) is 13.0. The lowest BCUT2D eigenvalue weighted by molar-refractivity contribution is 0.108. The molecule has 4 saturated carbocycles. The minimum atomic E-state index is 0.573. The highest BCUT2D eigenvalue weighted by Crippen LogP contribution is 2.52. The van der Waals surface area contributed by atoms with E-state index in [0.29, 0.717) is 17.8 Å². The van der Waals surface area contributed by atoms with Gasteiger partial charge in [-0.25, -0.2) is 9.98 Å². The molecule has 31 heavy (non-hydrogen) atoms. The highest BCUT2D eigenvalue weighted by Gasteiger charge is 2.46. The molecule has 4 bridgehead atoms. The molecule has 2 aromatic heterocycles. The molecule has 154 valence electrons. The molecule has 4 aliphatic carbocycles. The van der Waals surface area contributed by atoms with Gasteiger partial charge in [0.25, 0.3) is 5.95 Å². The zero-order chi connectivity index (χ0) is 20.4. The van der Waals surface area contributed by atoms with E-state index < -0.39 is 0 Å². The molecule has 6 nitrogen and oxygen atoms in total. The van der Waals surface area contributed by atoms with Crippen LogP contribution in [-0.2, 0) is 0 Å². The van der Waals surface area contributed by atoms with Gasteiger partial charge >= 0.3 is 0 Å². The Morgan fingerprint density at radius 3 is 2.29 bits per heavy atom. The van der Waals surface area contributed by atoms with E-state index in [9.17, 15) is 0 Å². The molecule has 4 aliphatic rings. The Kier molecular flexibility index (Phi) is 3.71. The van der Waals surface area contributed by atoms with E-state index in [1.807, 2.05) is 42.5 Å². The topological polar surface area (TPSA) is 78.9 Å². The SMILES string of the molecule is c1ccc2c(Nc3n[nH]c4ccccc34)nc(N=C3C4CC5CC(C4)CC3C5)nc2c1. The molecule has 6 heteroatoms. The largest absolute Gasteiger partial charge is 0.322 e. The number of hydrogen-bond donors (Lipinski definition) is 2. The number of hydrogen-bond acceptors (Lipinski definition) is 5. The smallest absolute Gasteiger partial charge is 0.251 e. The zero-order valence-corrected chi connectivity index (χ0v) is 17.3. The van der Waals surface area contributed by atoms with Crippen molar-refractivity contribution in [2.45, 2.75) is 32.1 Å². The van der Waals surface area contributed by atoms with Crippen molar-refractivity contribution in [2.24, 2.45) is 28.7 Å². The first-order valence-corrected chi connectivity index (χ1v) is 11.4. The van der Waals surface area contributed by atoms with Crippen molar-refractivity contribution < 1.29 is 0 Å². The van der Waals surface area contributed by atoms with Crippen LogP contribution in [-0.4, -0.2) is 25.9 Å². The lowest BCUT2D eigenvalue weighted by atomic mass is 9.55. The average Bonchev–Trinajstić information content (AvgIpc) is 3.19. The van der Waals surface area contributed by atoms with Gasteiger partial charge in [0.05, 0.1) is 11.0 Å². The fourth-order valence-electron chi connectivity index (χ4n) is 6.35. The van der Waals surface area contributed by atoms with Gasteiger partial charge < -0.3 is 5.32 Å². The van der Waals surface area contributed by atoms with Gasteiger partial charge in [0.1, 0.15) is 5.82 Å². The van der Waals surface area contributed by atoms with Crippen LogP contribution in [0.4, 0.5) is 17.6 Å². The number of aromatic nitrogens is 4. The van der Waals surface area contributed by atoms with Crippen molar-refractivity contribution in [3.8, 4) is 0 Å². The number of fused-ring (bicyclic) bond motifs is 2. The second-order valence-corrected chi connectivity index (χ2v) is 9.47. The third-order valence-electron chi connectivity index (χ3n) is 7.50. The molecule has 4 fully saturated rings. The first-order chi connectivity index (χ1) is 15.3. The molecule has 0 aliphatic heterocycles. The van der Waals surface area contributed by atoms with Gasteiger partial charge in [-0.15, -0.1) is 0 Å². The number of nitrogens with one attached hydrogen (secondary N) is 2. The van der Waals surface area contributed by atoms with Gasteiger partial charge in [-0.05, 0) is 80.0 Å². The summed E-state index contributed by atoms with van der Waals surface area (Å²) in [6, 6.07) is 16.2. The van der Waals surface area contributed by atoms with Crippen molar-refractivity contribution in [1.29, 1.82) is 0 Å². The first kappa shape index (κ1) is 17.4. The Labute approximate surface area is 180 Å². The third-order valence-corrected chi connectivity index (χ3v) is 7.50. The maximum absolute atomic E-state index is 5.09. The van der Waals surface area contributed by atoms with Crippen molar-refractivity contribution in [1.82, 2.24) is 20.2 Å². The standard InChI is InChI=1S/C25H24N6/c1-3-7-20-18(5-1)23(28-24-19-6-2-4-8-21(19)30-31-24)29-25(26-20)27-22-16-10-14-9-15(12-16)13-17(22)11-14/h1-8,14-17H,9-13H2,(H2,26,28,29,30,31). The van der Waals surface area contributed by atoms with Gasteiger partial charge in [-0.1, -0.05) is 24.3 Å². The number of aliphatic imine (C=N–C) groups is 1. The molecule has 4 aromatic rings. The molecule has 0 atom stereocenters. The van der Waals surface area contributed by atoms with Crippen LogP contribution in [0, 0.1) is 23.7 Å². The maximum atomic E-state index is 5.09. The fraction of sp³-hybridized carbons (Fsp3) is 0.360. The lowest BCUT2D eigenvalue weighted by Gasteiger charge is -2.50. The zero-order valence-electron chi connectivity index (χ0n) is 17.3. The minimum absolute atomic E-state index is 0.573. The van der Waals surface area contributed by atoms with Gasteiger partial charge in [-0.2, -0.15) is 10.1 Å². The summed E-state index contributed by atoms with van der Waals surface area (Å²) >= 11 is 0. The molecular formula is C25H24N6. The van der Waals surface area contributed by atoms with E-state index in [-0.39, 0.29) is 0 Å². The van der Waals surface area contributed by atoms with Crippen LogP contribution in [0.25, 0.3) is 21.8 Å². The predicted molar refractivity (Wildman–Crippen MR) is 123 cm³/mol. The molecule has 0 radical (unpaired) electrons. The van der Waals surface area contributed by atoms with Gasteiger partial charge in [-0.3, -0.25) is 5.10 Å². The van der Waals surface area contributed by atoms with Crippen LogP contribution < -0.4 is 5.32 Å². The number of nitrogens with zero attached hydrogens (tertiary/aromatic N) is 4. The normalized spacial score (nSPS) is 26.6. The second-order valence-electron chi connectivity index (χ2n) is 9.47. The van der Waals surface area contributed by atoms with Gasteiger partial charge in [0.2, 0.25) is 0 Å². The molecule has 0 saturated heterocycles. The summed E-state index contributed by atoms with van der Waals surface area (Å²) < 4.78 is 0. The number of benzene rings is 2. The molecule has 0 spiro atoms. The summed E-state index contributed by atoms with van der Waals surface area (Å²) in [7, 11) is 0. The molecule has 0 unspecified atom stereocenters. The number of aromatic amines is 1. The van der Waals surface area contributed by atoms with Gasteiger partial charge in [0, 0.05) is 16.5 Å². The van der Waals surface area contributed by atoms with Crippen LogP contribution in [0.2, 0.25) is 0 Å².